The second-order valence-corrected chi connectivity index (χ2v) is 6.47. The van der Waals surface area contributed by atoms with Crippen LogP contribution in [0.15, 0.2) is 78.6 Å². The molecule has 0 aliphatic carbocycles. The molecule has 0 unspecified atom stereocenters. The summed E-state index contributed by atoms with van der Waals surface area (Å²) in [5.74, 6) is -0.478. The Kier molecular flexibility index (Phi) is 5.13. The molecular weight excluding hydrogens is 384 g/mol. The van der Waals surface area contributed by atoms with E-state index in [2.05, 4.69) is 4.74 Å². The molecular formula is C24H16O6. The number of benzene rings is 3. The van der Waals surface area contributed by atoms with E-state index in [1.807, 2.05) is 6.07 Å². The molecule has 0 bridgehead atoms. The van der Waals surface area contributed by atoms with Crippen LogP contribution < -0.4 is 9.47 Å². The maximum absolute atomic E-state index is 12.6. The van der Waals surface area contributed by atoms with Crippen molar-refractivity contribution in [3.63, 3.8) is 0 Å². The zero-order valence-corrected chi connectivity index (χ0v) is 16.0. The van der Waals surface area contributed by atoms with Gasteiger partial charge in [0.05, 0.1) is 23.8 Å². The average Bonchev–Trinajstić information content (AvgIpc) is 3.08. The third kappa shape index (κ3) is 3.84. The largest absolute Gasteiger partial charge is 0.465 e. The highest BCUT2D eigenvalue weighted by Crippen LogP contribution is 2.35. The number of ketones is 1. The van der Waals surface area contributed by atoms with E-state index in [1.165, 1.54) is 13.2 Å². The average molecular weight is 400 g/mol. The third-order valence-corrected chi connectivity index (χ3v) is 4.49. The Bertz CT molecular complexity index is 1160. The highest BCUT2D eigenvalue weighted by Gasteiger charge is 2.28. The summed E-state index contributed by atoms with van der Waals surface area (Å²) >= 11 is 0. The summed E-state index contributed by atoms with van der Waals surface area (Å²) in [7, 11) is 1.31. The van der Waals surface area contributed by atoms with E-state index < -0.39 is 11.9 Å². The van der Waals surface area contributed by atoms with Crippen molar-refractivity contribution in [2.45, 2.75) is 0 Å². The first-order valence-corrected chi connectivity index (χ1v) is 9.09. The van der Waals surface area contributed by atoms with E-state index in [4.69, 9.17) is 9.47 Å². The monoisotopic (exact) mass is 400 g/mol. The van der Waals surface area contributed by atoms with Gasteiger partial charge in [-0.1, -0.05) is 30.3 Å². The zero-order valence-electron chi connectivity index (χ0n) is 16.0. The van der Waals surface area contributed by atoms with E-state index in [-0.39, 0.29) is 17.3 Å². The molecule has 3 aromatic carbocycles. The second-order valence-electron chi connectivity index (χ2n) is 6.47. The number of allylic oxidation sites excluding steroid dienone is 1. The van der Waals surface area contributed by atoms with Crippen molar-refractivity contribution in [2.75, 3.05) is 7.11 Å². The van der Waals surface area contributed by atoms with Gasteiger partial charge in [0, 0.05) is 6.07 Å². The van der Waals surface area contributed by atoms with Gasteiger partial charge in [-0.15, -0.1) is 0 Å². The molecule has 6 heteroatoms. The molecule has 0 saturated heterocycles. The van der Waals surface area contributed by atoms with Crippen LogP contribution in [-0.4, -0.2) is 24.8 Å². The molecule has 1 heterocycles. The smallest absolute Gasteiger partial charge is 0.343 e. The Hall–Kier alpha value is -4.19. The van der Waals surface area contributed by atoms with E-state index in [1.54, 1.807) is 66.7 Å². The van der Waals surface area contributed by atoms with Crippen LogP contribution in [0.3, 0.4) is 0 Å². The standard InChI is InChI=1S/C24H16O6/c1-28-23(26)17-9-7-15(8-10-17)13-21-22(25)19-12-11-18(14-20(19)30-21)29-24(27)16-5-3-2-4-6-16/h2-14H,1H3. The molecule has 0 fully saturated rings. The minimum Gasteiger partial charge on any atom is -0.465 e. The van der Waals surface area contributed by atoms with Gasteiger partial charge in [-0.05, 0) is 48.0 Å². The molecule has 3 aromatic rings. The van der Waals surface area contributed by atoms with Gasteiger partial charge in [0.2, 0.25) is 5.78 Å². The molecule has 148 valence electrons. The van der Waals surface area contributed by atoms with Crippen molar-refractivity contribution < 1.29 is 28.6 Å². The number of Topliss-reactive ketones (excluding diaryl/α,β-unsaturated/α-hetero) is 1. The molecule has 30 heavy (non-hydrogen) atoms. The Morgan fingerprint density at radius 2 is 1.57 bits per heavy atom. The summed E-state index contributed by atoms with van der Waals surface area (Å²) < 4.78 is 15.7. The van der Waals surface area contributed by atoms with Crippen LogP contribution in [0.5, 0.6) is 11.5 Å². The molecule has 1 aliphatic heterocycles. The Morgan fingerprint density at radius 1 is 0.867 bits per heavy atom. The zero-order chi connectivity index (χ0) is 21.1. The van der Waals surface area contributed by atoms with Gasteiger partial charge in [0.15, 0.2) is 5.76 Å². The summed E-state index contributed by atoms with van der Waals surface area (Å²) in [6, 6.07) is 19.8. The highest BCUT2D eigenvalue weighted by atomic mass is 16.5. The molecule has 0 atom stereocenters. The maximum Gasteiger partial charge on any atom is 0.343 e. The van der Waals surface area contributed by atoms with Crippen LogP contribution in [0.25, 0.3) is 6.08 Å². The van der Waals surface area contributed by atoms with Crippen molar-refractivity contribution in [1.82, 2.24) is 0 Å². The van der Waals surface area contributed by atoms with Crippen LogP contribution in [0, 0.1) is 0 Å². The van der Waals surface area contributed by atoms with Crippen molar-refractivity contribution >= 4 is 23.8 Å². The number of esters is 2. The predicted molar refractivity (Wildman–Crippen MR) is 109 cm³/mol. The fourth-order valence-corrected chi connectivity index (χ4v) is 2.96. The summed E-state index contributed by atoms with van der Waals surface area (Å²) in [4.78, 5) is 36.3. The van der Waals surface area contributed by atoms with Crippen molar-refractivity contribution in [1.29, 1.82) is 0 Å². The first kappa shape index (κ1) is 19.1. The summed E-state index contributed by atoms with van der Waals surface area (Å²) in [6.45, 7) is 0. The fraction of sp³-hybridized carbons (Fsp3) is 0.0417. The fourth-order valence-electron chi connectivity index (χ4n) is 2.96. The van der Waals surface area contributed by atoms with Gasteiger partial charge < -0.3 is 14.2 Å². The number of hydrogen-bond donors (Lipinski definition) is 0. The number of hydrogen-bond acceptors (Lipinski definition) is 6. The minimum absolute atomic E-state index is 0.141. The summed E-state index contributed by atoms with van der Waals surface area (Å²) in [5.41, 5.74) is 1.90. The quantitative estimate of drug-likeness (QED) is 0.369. The van der Waals surface area contributed by atoms with Gasteiger partial charge in [0.1, 0.15) is 11.5 Å². The first-order valence-electron chi connectivity index (χ1n) is 9.09. The molecule has 6 nitrogen and oxygen atoms in total. The van der Waals surface area contributed by atoms with Crippen LogP contribution in [0.2, 0.25) is 0 Å². The van der Waals surface area contributed by atoms with Crippen LogP contribution >= 0.6 is 0 Å². The summed E-state index contributed by atoms with van der Waals surface area (Å²) in [5, 5.41) is 0. The molecule has 0 amide bonds. The number of methoxy groups -OCH3 is 1. The topological polar surface area (TPSA) is 78.9 Å². The molecule has 4 rings (SSSR count). The predicted octanol–water partition coefficient (Wildman–Crippen LogP) is 4.31. The number of fused-ring (bicyclic) bond motifs is 1. The van der Waals surface area contributed by atoms with Gasteiger partial charge in [0.25, 0.3) is 0 Å². The van der Waals surface area contributed by atoms with Crippen LogP contribution in [-0.2, 0) is 4.74 Å². The molecule has 0 aromatic heterocycles. The van der Waals surface area contributed by atoms with E-state index in [9.17, 15) is 14.4 Å². The Morgan fingerprint density at radius 3 is 2.27 bits per heavy atom. The first-order chi connectivity index (χ1) is 14.5. The molecule has 0 spiro atoms. The van der Waals surface area contributed by atoms with Crippen LogP contribution in [0.1, 0.15) is 36.6 Å². The molecule has 0 N–H and O–H groups in total. The lowest BCUT2D eigenvalue weighted by Crippen LogP contribution is -2.08. The lowest BCUT2D eigenvalue weighted by atomic mass is 10.1. The van der Waals surface area contributed by atoms with Crippen LogP contribution in [0.4, 0.5) is 0 Å². The molecule has 1 aliphatic rings. The lowest BCUT2D eigenvalue weighted by molar-refractivity contribution is 0.0600. The van der Waals surface area contributed by atoms with Gasteiger partial charge in [-0.3, -0.25) is 4.79 Å². The van der Waals surface area contributed by atoms with Gasteiger partial charge in [-0.25, -0.2) is 9.59 Å². The Labute approximate surface area is 172 Å². The lowest BCUT2D eigenvalue weighted by Gasteiger charge is -2.05. The summed E-state index contributed by atoms with van der Waals surface area (Å²) in [6.07, 6.45) is 1.58. The normalized spacial score (nSPS) is 13.5. The van der Waals surface area contributed by atoms with E-state index in [0.717, 1.165) is 0 Å². The number of ether oxygens (including phenoxy) is 3. The van der Waals surface area contributed by atoms with E-state index >= 15 is 0 Å². The van der Waals surface area contributed by atoms with Gasteiger partial charge >= 0.3 is 11.9 Å². The van der Waals surface area contributed by atoms with Crippen molar-refractivity contribution in [3.05, 3.63) is 101 Å². The number of carbonyl (C=O) groups is 3. The minimum atomic E-state index is -0.499. The molecule has 0 saturated carbocycles. The maximum atomic E-state index is 12.6. The molecule has 0 radical (unpaired) electrons. The number of rotatable bonds is 4. The van der Waals surface area contributed by atoms with Crippen molar-refractivity contribution in [2.24, 2.45) is 0 Å². The number of carbonyl (C=O) groups excluding carboxylic acids is 3. The SMILES string of the molecule is COC(=O)c1ccc(C=C2Oc3cc(OC(=O)c4ccccc4)ccc3C2=O)cc1. The highest BCUT2D eigenvalue weighted by molar-refractivity contribution is 6.14. The Balaban J connectivity index is 1.52. The van der Waals surface area contributed by atoms with Crippen molar-refractivity contribution in [3.8, 4) is 11.5 Å². The third-order valence-electron chi connectivity index (χ3n) is 4.49. The van der Waals surface area contributed by atoms with E-state index in [0.29, 0.717) is 28.0 Å². The second kappa shape index (κ2) is 8.05. The van der Waals surface area contributed by atoms with Gasteiger partial charge in [-0.2, -0.15) is 0 Å².